The minimum atomic E-state index is -0.0428. The van der Waals surface area contributed by atoms with Crippen LogP contribution >= 0.6 is 0 Å². The van der Waals surface area contributed by atoms with Gasteiger partial charge < -0.3 is 9.26 Å². The Morgan fingerprint density at radius 3 is 2.79 bits per heavy atom. The molecule has 0 unspecified atom stereocenters. The van der Waals surface area contributed by atoms with Crippen molar-refractivity contribution < 1.29 is 9.26 Å². The molecule has 1 aliphatic rings. The number of aryl methyl sites for hydroxylation is 1. The molecule has 6 nitrogen and oxygen atoms in total. The molecular weight excluding hydrogens is 244 g/mol. The van der Waals surface area contributed by atoms with Gasteiger partial charge in [-0.25, -0.2) is 0 Å². The molecule has 0 saturated carbocycles. The summed E-state index contributed by atoms with van der Waals surface area (Å²) >= 11 is 0. The Kier molecular flexibility index (Phi) is 3.52. The minimum Gasteiger partial charge on any atom is -0.379 e. The monoisotopic (exact) mass is 260 g/mol. The van der Waals surface area contributed by atoms with Crippen molar-refractivity contribution in [3.05, 3.63) is 41.8 Å². The zero-order chi connectivity index (χ0) is 13.1. The molecule has 6 heteroatoms. The summed E-state index contributed by atoms with van der Waals surface area (Å²) in [5, 5.41) is 3.89. The van der Waals surface area contributed by atoms with E-state index >= 15 is 0 Å². The Morgan fingerprint density at radius 2 is 2.16 bits per heavy atom. The number of morpholine rings is 1. The molecule has 0 radical (unpaired) electrons. The van der Waals surface area contributed by atoms with Crippen LogP contribution in [0.4, 0.5) is 0 Å². The normalized spacial score (nSPS) is 18.4. The minimum absolute atomic E-state index is 0.0428. The van der Waals surface area contributed by atoms with E-state index in [1.165, 1.54) is 0 Å². The molecule has 2 aromatic heterocycles. The van der Waals surface area contributed by atoms with E-state index < -0.39 is 0 Å². The number of rotatable bonds is 3. The van der Waals surface area contributed by atoms with Gasteiger partial charge in [-0.05, 0) is 18.6 Å². The highest BCUT2D eigenvalue weighted by molar-refractivity contribution is 5.20. The lowest BCUT2D eigenvalue weighted by Crippen LogP contribution is -2.39. The van der Waals surface area contributed by atoms with E-state index in [9.17, 15) is 0 Å². The van der Waals surface area contributed by atoms with Gasteiger partial charge in [-0.2, -0.15) is 4.98 Å². The van der Waals surface area contributed by atoms with Gasteiger partial charge in [-0.3, -0.25) is 9.88 Å². The molecule has 1 aliphatic heterocycles. The summed E-state index contributed by atoms with van der Waals surface area (Å²) in [5.74, 6) is 1.27. The van der Waals surface area contributed by atoms with Gasteiger partial charge in [0.15, 0.2) is 5.82 Å². The fourth-order valence-electron chi connectivity index (χ4n) is 2.31. The molecule has 100 valence electrons. The van der Waals surface area contributed by atoms with Gasteiger partial charge in [0, 0.05) is 25.5 Å². The van der Waals surface area contributed by atoms with Crippen molar-refractivity contribution in [3.8, 4) is 0 Å². The van der Waals surface area contributed by atoms with Crippen LogP contribution in [0.25, 0.3) is 0 Å². The summed E-state index contributed by atoms with van der Waals surface area (Å²) in [5.41, 5.74) is 1.06. The molecule has 1 atom stereocenters. The van der Waals surface area contributed by atoms with Crippen LogP contribution < -0.4 is 0 Å². The molecule has 19 heavy (non-hydrogen) atoms. The molecule has 1 fully saturated rings. The highest BCUT2D eigenvalue weighted by Gasteiger charge is 2.28. The summed E-state index contributed by atoms with van der Waals surface area (Å²) in [4.78, 5) is 10.8. The maximum atomic E-state index is 5.40. The highest BCUT2D eigenvalue weighted by atomic mass is 16.5. The van der Waals surface area contributed by atoms with E-state index in [0.29, 0.717) is 11.7 Å². The molecule has 0 aromatic carbocycles. The van der Waals surface area contributed by atoms with E-state index in [1.807, 2.05) is 25.3 Å². The largest absolute Gasteiger partial charge is 0.379 e. The topological polar surface area (TPSA) is 64.3 Å². The van der Waals surface area contributed by atoms with Gasteiger partial charge in [0.05, 0.1) is 13.2 Å². The molecule has 2 aromatic rings. The molecular formula is C13H16N4O2. The van der Waals surface area contributed by atoms with Crippen molar-refractivity contribution in [3.63, 3.8) is 0 Å². The van der Waals surface area contributed by atoms with Crippen molar-refractivity contribution >= 4 is 0 Å². The third kappa shape index (κ3) is 2.64. The third-order valence-corrected chi connectivity index (χ3v) is 3.19. The van der Waals surface area contributed by atoms with E-state index in [-0.39, 0.29) is 6.04 Å². The van der Waals surface area contributed by atoms with E-state index in [2.05, 4.69) is 20.0 Å². The van der Waals surface area contributed by atoms with Crippen LogP contribution in [0.5, 0.6) is 0 Å². The van der Waals surface area contributed by atoms with Crippen LogP contribution in [0.15, 0.2) is 29.0 Å². The molecule has 0 bridgehead atoms. The van der Waals surface area contributed by atoms with Crippen LogP contribution in [0.2, 0.25) is 0 Å². The van der Waals surface area contributed by atoms with Crippen molar-refractivity contribution in [1.29, 1.82) is 0 Å². The number of ether oxygens (including phenoxy) is 1. The first-order chi connectivity index (χ1) is 9.34. The number of hydrogen-bond donors (Lipinski definition) is 0. The summed E-state index contributed by atoms with van der Waals surface area (Å²) in [7, 11) is 0. The second kappa shape index (κ2) is 5.46. The van der Waals surface area contributed by atoms with Gasteiger partial charge in [0.25, 0.3) is 0 Å². The smallest absolute Gasteiger partial charge is 0.248 e. The second-order valence-corrected chi connectivity index (χ2v) is 4.52. The third-order valence-electron chi connectivity index (χ3n) is 3.19. The molecule has 1 saturated heterocycles. The second-order valence-electron chi connectivity index (χ2n) is 4.52. The van der Waals surface area contributed by atoms with Gasteiger partial charge >= 0.3 is 0 Å². The maximum Gasteiger partial charge on any atom is 0.248 e. The van der Waals surface area contributed by atoms with Gasteiger partial charge in [0.2, 0.25) is 5.89 Å². The Labute approximate surface area is 111 Å². The Bertz CT molecular complexity index is 522. The molecule has 3 heterocycles. The lowest BCUT2D eigenvalue weighted by Gasteiger charge is -2.32. The lowest BCUT2D eigenvalue weighted by molar-refractivity contribution is 0.0180. The number of pyridine rings is 1. The lowest BCUT2D eigenvalue weighted by atomic mass is 10.1. The van der Waals surface area contributed by atoms with Crippen molar-refractivity contribution in [2.24, 2.45) is 0 Å². The number of aromatic nitrogens is 3. The zero-order valence-corrected chi connectivity index (χ0v) is 10.8. The maximum absolute atomic E-state index is 5.40. The Hall–Kier alpha value is -1.79. The van der Waals surface area contributed by atoms with Crippen LogP contribution in [0, 0.1) is 6.92 Å². The standard InChI is InChI=1S/C13H16N4O2/c1-10-15-13(19-16-10)12(11-3-2-4-14-9-11)17-5-7-18-8-6-17/h2-4,9,12H,5-8H2,1H3/t12-/m1/s1. The first-order valence-corrected chi connectivity index (χ1v) is 6.36. The van der Waals surface area contributed by atoms with Crippen LogP contribution in [-0.2, 0) is 4.74 Å². The van der Waals surface area contributed by atoms with Gasteiger partial charge in [-0.1, -0.05) is 11.2 Å². The summed E-state index contributed by atoms with van der Waals surface area (Å²) in [6, 6.07) is 3.91. The number of nitrogens with zero attached hydrogens (tertiary/aromatic N) is 4. The molecule has 3 rings (SSSR count). The Balaban J connectivity index is 1.95. The van der Waals surface area contributed by atoms with E-state index in [1.54, 1.807) is 6.20 Å². The number of hydrogen-bond acceptors (Lipinski definition) is 6. The predicted molar refractivity (Wildman–Crippen MR) is 67.5 cm³/mol. The fraction of sp³-hybridized carbons (Fsp3) is 0.462. The van der Waals surface area contributed by atoms with Crippen molar-refractivity contribution in [1.82, 2.24) is 20.0 Å². The molecule has 0 aliphatic carbocycles. The van der Waals surface area contributed by atoms with Gasteiger partial charge in [0.1, 0.15) is 6.04 Å². The van der Waals surface area contributed by atoms with Crippen LogP contribution in [-0.4, -0.2) is 46.3 Å². The van der Waals surface area contributed by atoms with Crippen LogP contribution in [0.3, 0.4) is 0 Å². The average Bonchev–Trinajstić information content (AvgIpc) is 2.88. The Morgan fingerprint density at radius 1 is 1.32 bits per heavy atom. The van der Waals surface area contributed by atoms with Crippen LogP contribution in [0.1, 0.15) is 23.3 Å². The first-order valence-electron chi connectivity index (χ1n) is 6.36. The van der Waals surface area contributed by atoms with Crippen molar-refractivity contribution in [2.45, 2.75) is 13.0 Å². The predicted octanol–water partition coefficient (Wildman–Crippen LogP) is 1.19. The van der Waals surface area contributed by atoms with Crippen molar-refractivity contribution in [2.75, 3.05) is 26.3 Å². The molecule has 0 amide bonds. The summed E-state index contributed by atoms with van der Waals surface area (Å²) < 4.78 is 10.8. The van der Waals surface area contributed by atoms with Gasteiger partial charge in [-0.15, -0.1) is 0 Å². The molecule has 0 N–H and O–H groups in total. The SMILES string of the molecule is Cc1noc([C@@H](c2cccnc2)N2CCOCC2)n1. The van der Waals surface area contributed by atoms with E-state index in [0.717, 1.165) is 31.9 Å². The first kappa shape index (κ1) is 12.3. The average molecular weight is 260 g/mol. The summed E-state index contributed by atoms with van der Waals surface area (Å²) in [6.07, 6.45) is 3.61. The zero-order valence-electron chi connectivity index (χ0n) is 10.8. The molecule has 0 spiro atoms. The fourth-order valence-corrected chi connectivity index (χ4v) is 2.31. The highest BCUT2D eigenvalue weighted by Crippen LogP contribution is 2.27. The quantitative estimate of drug-likeness (QED) is 0.826. The summed E-state index contributed by atoms with van der Waals surface area (Å²) in [6.45, 7) is 4.97. The van der Waals surface area contributed by atoms with E-state index in [4.69, 9.17) is 9.26 Å².